The molecule has 0 aliphatic rings. The number of hydrogen-bond donors (Lipinski definition) is 2. The zero-order valence-electron chi connectivity index (χ0n) is 12.8. The van der Waals surface area contributed by atoms with Crippen molar-refractivity contribution in [2.75, 3.05) is 11.9 Å². The number of hydrogen-bond acceptors (Lipinski definition) is 4. The Labute approximate surface area is 129 Å². The number of nitro benzene ring substituents is 1. The fourth-order valence-corrected chi connectivity index (χ4v) is 1.92. The van der Waals surface area contributed by atoms with Gasteiger partial charge in [-0.2, -0.15) is 0 Å². The van der Waals surface area contributed by atoms with Crippen molar-refractivity contribution < 1.29 is 14.5 Å². The average molecular weight is 307 g/mol. The monoisotopic (exact) mass is 307 g/mol. The Morgan fingerprint density at radius 2 is 1.95 bits per heavy atom. The molecule has 0 atom stereocenters. The van der Waals surface area contributed by atoms with Crippen LogP contribution >= 0.6 is 0 Å². The molecular formula is C15H21N3O4. The number of aryl methyl sites for hydroxylation is 1. The molecule has 0 aliphatic carbocycles. The summed E-state index contributed by atoms with van der Waals surface area (Å²) in [5, 5.41) is 16.1. The molecule has 22 heavy (non-hydrogen) atoms. The van der Waals surface area contributed by atoms with Crippen molar-refractivity contribution in [3.63, 3.8) is 0 Å². The number of non-ortho nitro benzene ring substituents is 1. The summed E-state index contributed by atoms with van der Waals surface area (Å²) in [4.78, 5) is 32.8. The molecule has 2 amide bonds. The Morgan fingerprint density at radius 3 is 2.59 bits per heavy atom. The second kappa shape index (κ2) is 8.76. The van der Waals surface area contributed by atoms with E-state index in [1.54, 1.807) is 13.0 Å². The van der Waals surface area contributed by atoms with Gasteiger partial charge >= 0.3 is 0 Å². The molecule has 7 heteroatoms. The maximum atomic E-state index is 11.8. The van der Waals surface area contributed by atoms with Crippen molar-refractivity contribution in [1.82, 2.24) is 5.32 Å². The lowest BCUT2D eigenvalue weighted by atomic mass is 10.1. The first-order chi connectivity index (χ1) is 10.4. The van der Waals surface area contributed by atoms with Crippen LogP contribution in [0.5, 0.6) is 0 Å². The van der Waals surface area contributed by atoms with E-state index in [0.717, 1.165) is 18.4 Å². The van der Waals surface area contributed by atoms with Gasteiger partial charge in [0.1, 0.15) is 0 Å². The van der Waals surface area contributed by atoms with Gasteiger partial charge in [0.05, 0.1) is 10.6 Å². The molecule has 0 radical (unpaired) electrons. The Morgan fingerprint density at radius 1 is 1.23 bits per heavy atom. The first-order valence-corrected chi connectivity index (χ1v) is 7.19. The Hall–Kier alpha value is -2.44. The van der Waals surface area contributed by atoms with Crippen LogP contribution in [0.15, 0.2) is 18.2 Å². The standard InChI is InChI=1S/C15H21N3O4/c1-11-7-8-13(18(21)22)10-14(11)17-15(20)6-4-3-5-9-16-12(2)19/h7-8,10H,3-6,9H2,1-2H3,(H,16,19)(H,17,20). The molecule has 0 unspecified atom stereocenters. The van der Waals surface area contributed by atoms with Crippen molar-refractivity contribution in [2.24, 2.45) is 0 Å². The van der Waals surface area contributed by atoms with Gasteiger partial charge in [-0.15, -0.1) is 0 Å². The number of anilines is 1. The molecule has 0 spiro atoms. The number of unbranched alkanes of at least 4 members (excludes halogenated alkanes) is 2. The molecule has 1 aromatic carbocycles. The normalized spacial score (nSPS) is 10.1. The summed E-state index contributed by atoms with van der Waals surface area (Å²) in [7, 11) is 0. The van der Waals surface area contributed by atoms with Gasteiger partial charge in [0.15, 0.2) is 0 Å². The quantitative estimate of drug-likeness (QED) is 0.437. The summed E-state index contributed by atoms with van der Waals surface area (Å²) in [5.41, 5.74) is 1.21. The van der Waals surface area contributed by atoms with Crippen molar-refractivity contribution in [3.8, 4) is 0 Å². The second-order valence-electron chi connectivity index (χ2n) is 5.10. The van der Waals surface area contributed by atoms with Crippen LogP contribution in [0.2, 0.25) is 0 Å². The minimum Gasteiger partial charge on any atom is -0.356 e. The van der Waals surface area contributed by atoms with E-state index in [9.17, 15) is 19.7 Å². The summed E-state index contributed by atoms with van der Waals surface area (Å²) >= 11 is 0. The van der Waals surface area contributed by atoms with E-state index in [0.29, 0.717) is 25.1 Å². The molecule has 7 nitrogen and oxygen atoms in total. The van der Waals surface area contributed by atoms with Crippen LogP contribution in [-0.2, 0) is 9.59 Å². The van der Waals surface area contributed by atoms with Gasteiger partial charge in [-0.05, 0) is 25.3 Å². The molecule has 1 aromatic rings. The summed E-state index contributed by atoms with van der Waals surface area (Å²) in [6, 6.07) is 4.39. The van der Waals surface area contributed by atoms with Gasteiger partial charge in [-0.25, -0.2) is 0 Å². The molecule has 0 saturated carbocycles. The Bertz CT molecular complexity index is 558. The second-order valence-corrected chi connectivity index (χ2v) is 5.10. The number of amides is 2. The third-order valence-corrected chi connectivity index (χ3v) is 3.16. The summed E-state index contributed by atoms with van der Waals surface area (Å²) in [5.74, 6) is -0.220. The van der Waals surface area contributed by atoms with Crippen LogP contribution in [0.4, 0.5) is 11.4 Å². The third-order valence-electron chi connectivity index (χ3n) is 3.16. The predicted octanol–water partition coefficient (Wildman–Crippen LogP) is 2.54. The zero-order valence-corrected chi connectivity index (χ0v) is 12.8. The predicted molar refractivity (Wildman–Crippen MR) is 83.6 cm³/mol. The maximum Gasteiger partial charge on any atom is 0.271 e. The molecule has 1 rings (SSSR count). The van der Waals surface area contributed by atoms with Crippen LogP contribution in [0.3, 0.4) is 0 Å². The lowest BCUT2D eigenvalue weighted by molar-refractivity contribution is -0.384. The van der Waals surface area contributed by atoms with Crippen molar-refractivity contribution in [1.29, 1.82) is 0 Å². The lowest BCUT2D eigenvalue weighted by Gasteiger charge is -2.08. The summed E-state index contributed by atoms with van der Waals surface area (Å²) in [6.45, 7) is 3.86. The molecule has 0 aromatic heterocycles. The molecular weight excluding hydrogens is 286 g/mol. The molecule has 120 valence electrons. The van der Waals surface area contributed by atoms with Crippen molar-refractivity contribution >= 4 is 23.2 Å². The van der Waals surface area contributed by atoms with Crippen LogP contribution in [0, 0.1) is 17.0 Å². The van der Waals surface area contributed by atoms with Gasteiger partial charge in [0, 0.05) is 32.0 Å². The SMILES string of the molecule is CC(=O)NCCCCCC(=O)Nc1cc([N+](=O)[O-])ccc1C. The number of nitrogens with zero attached hydrogens (tertiary/aromatic N) is 1. The molecule has 0 fully saturated rings. The van der Waals surface area contributed by atoms with E-state index in [4.69, 9.17) is 0 Å². The van der Waals surface area contributed by atoms with E-state index in [2.05, 4.69) is 10.6 Å². The van der Waals surface area contributed by atoms with Gasteiger partial charge in [0.2, 0.25) is 11.8 Å². The van der Waals surface area contributed by atoms with E-state index in [1.165, 1.54) is 19.1 Å². The van der Waals surface area contributed by atoms with Gasteiger partial charge in [0.25, 0.3) is 5.69 Å². The van der Waals surface area contributed by atoms with E-state index in [-0.39, 0.29) is 17.5 Å². The Balaban J connectivity index is 2.37. The molecule has 0 aliphatic heterocycles. The molecule has 0 bridgehead atoms. The zero-order chi connectivity index (χ0) is 16.5. The summed E-state index contributed by atoms with van der Waals surface area (Å²) in [6.07, 6.45) is 2.71. The highest BCUT2D eigenvalue weighted by Gasteiger charge is 2.10. The first kappa shape index (κ1) is 17.6. The minimum atomic E-state index is -0.489. The summed E-state index contributed by atoms with van der Waals surface area (Å²) < 4.78 is 0. The number of nitro groups is 1. The van der Waals surface area contributed by atoms with Gasteiger partial charge in [-0.3, -0.25) is 19.7 Å². The fraction of sp³-hybridized carbons (Fsp3) is 0.467. The highest BCUT2D eigenvalue weighted by Crippen LogP contribution is 2.22. The van der Waals surface area contributed by atoms with E-state index >= 15 is 0 Å². The minimum absolute atomic E-state index is 0.0452. The average Bonchev–Trinajstić information content (AvgIpc) is 2.44. The van der Waals surface area contributed by atoms with Crippen LogP contribution in [0.1, 0.15) is 38.2 Å². The number of carbonyl (C=O) groups is 2. The van der Waals surface area contributed by atoms with E-state index in [1.807, 2.05) is 0 Å². The number of nitrogens with one attached hydrogen (secondary N) is 2. The van der Waals surface area contributed by atoms with Crippen LogP contribution in [0.25, 0.3) is 0 Å². The Kier molecular flexibility index (Phi) is 7.01. The highest BCUT2D eigenvalue weighted by molar-refractivity contribution is 5.91. The largest absolute Gasteiger partial charge is 0.356 e. The highest BCUT2D eigenvalue weighted by atomic mass is 16.6. The van der Waals surface area contributed by atoms with Gasteiger partial charge < -0.3 is 10.6 Å². The van der Waals surface area contributed by atoms with Crippen LogP contribution in [-0.4, -0.2) is 23.3 Å². The maximum absolute atomic E-state index is 11.8. The number of carbonyl (C=O) groups excluding carboxylic acids is 2. The number of benzene rings is 1. The molecule has 0 saturated heterocycles. The topological polar surface area (TPSA) is 101 Å². The van der Waals surface area contributed by atoms with E-state index < -0.39 is 4.92 Å². The fourth-order valence-electron chi connectivity index (χ4n) is 1.92. The van der Waals surface area contributed by atoms with Crippen molar-refractivity contribution in [3.05, 3.63) is 33.9 Å². The van der Waals surface area contributed by atoms with Crippen LogP contribution < -0.4 is 10.6 Å². The lowest BCUT2D eigenvalue weighted by Crippen LogP contribution is -2.20. The van der Waals surface area contributed by atoms with Crippen molar-refractivity contribution in [2.45, 2.75) is 39.5 Å². The first-order valence-electron chi connectivity index (χ1n) is 7.19. The number of rotatable bonds is 8. The smallest absolute Gasteiger partial charge is 0.271 e. The molecule has 2 N–H and O–H groups in total. The third kappa shape index (κ3) is 6.34. The molecule has 0 heterocycles. The van der Waals surface area contributed by atoms with Gasteiger partial charge in [-0.1, -0.05) is 12.5 Å².